The summed E-state index contributed by atoms with van der Waals surface area (Å²) in [4.78, 5) is 12.1. The van der Waals surface area contributed by atoms with Gasteiger partial charge in [-0.2, -0.15) is 0 Å². The molecule has 0 spiro atoms. The lowest BCUT2D eigenvalue weighted by atomic mass is 9.54. The second-order valence-corrected chi connectivity index (χ2v) is 6.79. The Morgan fingerprint density at radius 2 is 1.67 bits per heavy atom. The Kier molecular flexibility index (Phi) is 2.99. The first kappa shape index (κ1) is 12.3. The van der Waals surface area contributed by atoms with Crippen molar-refractivity contribution in [2.45, 2.75) is 64.4 Å². The summed E-state index contributed by atoms with van der Waals surface area (Å²) in [6.07, 6.45) is 10.4. The van der Waals surface area contributed by atoms with Gasteiger partial charge in [-0.1, -0.05) is 13.0 Å². The largest absolute Gasteiger partial charge is 0.456 e. The highest BCUT2D eigenvalue weighted by Crippen LogP contribution is 2.57. The molecule has 0 N–H and O–H groups in total. The van der Waals surface area contributed by atoms with Crippen LogP contribution in [0.3, 0.4) is 0 Å². The third-order valence-corrected chi connectivity index (χ3v) is 5.12. The minimum Gasteiger partial charge on any atom is -0.456 e. The summed E-state index contributed by atoms with van der Waals surface area (Å²) >= 11 is 0. The first-order valence-electron chi connectivity index (χ1n) is 7.50. The van der Waals surface area contributed by atoms with Gasteiger partial charge < -0.3 is 4.74 Å². The lowest BCUT2D eigenvalue weighted by Gasteiger charge is -2.55. The van der Waals surface area contributed by atoms with Gasteiger partial charge in [0.2, 0.25) is 0 Å². The van der Waals surface area contributed by atoms with Gasteiger partial charge in [-0.3, -0.25) is 0 Å². The average Bonchev–Trinajstić information content (AvgIpc) is 2.26. The Labute approximate surface area is 110 Å². The van der Waals surface area contributed by atoms with Crippen LogP contribution in [0.1, 0.15) is 58.8 Å². The van der Waals surface area contributed by atoms with Gasteiger partial charge in [0, 0.05) is 5.57 Å². The molecule has 0 aromatic rings. The SMILES string of the molecule is CCC=C(C)C(=O)OC12CC3CC(CC(C3)C1)C2. The Morgan fingerprint density at radius 3 is 2.11 bits per heavy atom. The number of ether oxygens (including phenoxy) is 1. The number of carbonyl (C=O) groups is 1. The van der Waals surface area contributed by atoms with Crippen LogP contribution < -0.4 is 0 Å². The van der Waals surface area contributed by atoms with Gasteiger partial charge >= 0.3 is 5.97 Å². The van der Waals surface area contributed by atoms with Crippen molar-refractivity contribution < 1.29 is 9.53 Å². The third kappa shape index (κ3) is 2.10. The molecule has 2 heteroatoms. The van der Waals surface area contributed by atoms with Crippen LogP contribution in [0.4, 0.5) is 0 Å². The first-order valence-corrected chi connectivity index (χ1v) is 7.50. The van der Waals surface area contributed by atoms with E-state index < -0.39 is 0 Å². The van der Waals surface area contributed by atoms with E-state index in [-0.39, 0.29) is 11.6 Å². The zero-order valence-electron chi connectivity index (χ0n) is 11.6. The molecule has 0 aromatic heterocycles. The minimum absolute atomic E-state index is 0.0706. The lowest BCUT2D eigenvalue weighted by Crippen LogP contribution is -2.52. The summed E-state index contributed by atoms with van der Waals surface area (Å²) in [6.45, 7) is 3.94. The maximum absolute atomic E-state index is 12.1. The van der Waals surface area contributed by atoms with Crippen LogP contribution in [0.25, 0.3) is 0 Å². The highest BCUT2D eigenvalue weighted by atomic mass is 16.6. The normalized spacial score (nSPS) is 42.1. The van der Waals surface area contributed by atoms with E-state index in [1.807, 2.05) is 13.0 Å². The van der Waals surface area contributed by atoms with Crippen molar-refractivity contribution in [1.29, 1.82) is 0 Å². The zero-order valence-corrected chi connectivity index (χ0v) is 11.6. The van der Waals surface area contributed by atoms with Crippen molar-refractivity contribution in [3.8, 4) is 0 Å². The molecule has 0 saturated heterocycles. The summed E-state index contributed by atoms with van der Waals surface area (Å²) in [5.74, 6) is 2.43. The summed E-state index contributed by atoms with van der Waals surface area (Å²) in [6, 6.07) is 0. The van der Waals surface area contributed by atoms with Gasteiger partial charge in [0.05, 0.1) is 0 Å². The number of hydrogen-bond donors (Lipinski definition) is 0. The molecular formula is C16H24O2. The van der Waals surface area contributed by atoms with E-state index in [0.717, 1.165) is 49.0 Å². The number of carbonyl (C=O) groups excluding carboxylic acids is 1. The molecule has 100 valence electrons. The van der Waals surface area contributed by atoms with E-state index in [1.54, 1.807) is 0 Å². The Balaban J connectivity index is 1.72. The lowest BCUT2D eigenvalue weighted by molar-refractivity contribution is -0.182. The van der Waals surface area contributed by atoms with Crippen molar-refractivity contribution in [1.82, 2.24) is 0 Å². The summed E-state index contributed by atoms with van der Waals surface area (Å²) in [7, 11) is 0. The van der Waals surface area contributed by atoms with E-state index >= 15 is 0 Å². The van der Waals surface area contributed by atoms with Gasteiger partial charge in [0.1, 0.15) is 5.60 Å². The van der Waals surface area contributed by atoms with Crippen LogP contribution in [0.2, 0.25) is 0 Å². The van der Waals surface area contributed by atoms with Gasteiger partial charge in [0.25, 0.3) is 0 Å². The smallest absolute Gasteiger partial charge is 0.333 e. The van der Waals surface area contributed by atoms with Crippen molar-refractivity contribution in [2.75, 3.05) is 0 Å². The molecule has 4 fully saturated rings. The van der Waals surface area contributed by atoms with Crippen LogP contribution in [0.5, 0.6) is 0 Å². The molecule has 0 aliphatic heterocycles. The molecule has 4 bridgehead atoms. The van der Waals surface area contributed by atoms with E-state index in [2.05, 4.69) is 6.92 Å². The van der Waals surface area contributed by atoms with Crippen molar-refractivity contribution in [3.63, 3.8) is 0 Å². The number of esters is 1. The summed E-state index contributed by atoms with van der Waals surface area (Å²) in [5, 5.41) is 0. The molecule has 4 saturated carbocycles. The molecule has 4 aliphatic rings. The molecular weight excluding hydrogens is 224 g/mol. The molecule has 4 rings (SSSR count). The fourth-order valence-corrected chi connectivity index (χ4v) is 4.82. The van der Waals surface area contributed by atoms with Crippen molar-refractivity contribution >= 4 is 5.97 Å². The Morgan fingerprint density at radius 1 is 1.17 bits per heavy atom. The second kappa shape index (κ2) is 4.40. The van der Waals surface area contributed by atoms with Gasteiger partial charge in [-0.05, 0) is 69.6 Å². The standard InChI is InChI=1S/C16H24O2/c1-3-4-11(2)15(17)18-16-8-12-5-13(9-16)7-14(6-12)10-16/h4,12-14H,3,5-10H2,1-2H3. The highest BCUT2D eigenvalue weighted by Gasteiger charge is 2.53. The average molecular weight is 248 g/mol. The zero-order chi connectivity index (χ0) is 12.8. The Bertz CT molecular complexity index is 345. The fourth-order valence-electron chi connectivity index (χ4n) is 4.82. The molecule has 4 aliphatic carbocycles. The monoisotopic (exact) mass is 248 g/mol. The fraction of sp³-hybridized carbons (Fsp3) is 0.812. The van der Waals surface area contributed by atoms with Crippen LogP contribution in [0, 0.1) is 17.8 Å². The maximum Gasteiger partial charge on any atom is 0.333 e. The van der Waals surface area contributed by atoms with Crippen LogP contribution in [-0.4, -0.2) is 11.6 Å². The second-order valence-electron chi connectivity index (χ2n) is 6.79. The molecule has 0 amide bonds. The van der Waals surface area contributed by atoms with E-state index in [1.165, 1.54) is 19.3 Å². The molecule has 0 aromatic carbocycles. The summed E-state index contributed by atoms with van der Waals surface area (Å²) < 4.78 is 5.96. The molecule has 18 heavy (non-hydrogen) atoms. The quantitative estimate of drug-likeness (QED) is 0.560. The van der Waals surface area contributed by atoms with Crippen molar-refractivity contribution in [3.05, 3.63) is 11.6 Å². The van der Waals surface area contributed by atoms with E-state index in [0.29, 0.717) is 0 Å². The number of hydrogen-bond acceptors (Lipinski definition) is 2. The predicted molar refractivity (Wildman–Crippen MR) is 71.0 cm³/mol. The van der Waals surface area contributed by atoms with Gasteiger partial charge in [-0.25, -0.2) is 4.79 Å². The summed E-state index contributed by atoms with van der Waals surface area (Å²) in [5.41, 5.74) is 0.697. The Hall–Kier alpha value is -0.790. The first-order chi connectivity index (χ1) is 8.60. The number of rotatable bonds is 3. The number of allylic oxidation sites excluding steroid dienone is 1. The molecule has 2 nitrogen and oxygen atoms in total. The van der Waals surface area contributed by atoms with Gasteiger partial charge in [0.15, 0.2) is 0 Å². The maximum atomic E-state index is 12.1. The topological polar surface area (TPSA) is 26.3 Å². The van der Waals surface area contributed by atoms with Crippen LogP contribution in [0.15, 0.2) is 11.6 Å². The molecule has 0 atom stereocenters. The van der Waals surface area contributed by atoms with Crippen LogP contribution >= 0.6 is 0 Å². The van der Waals surface area contributed by atoms with E-state index in [9.17, 15) is 4.79 Å². The predicted octanol–water partition coefficient (Wildman–Crippen LogP) is 3.85. The minimum atomic E-state index is -0.0886. The molecule has 0 heterocycles. The molecule has 0 radical (unpaired) electrons. The van der Waals surface area contributed by atoms with Crippen molar-refractivity contribution in [2.24, 2.45) is 17.8 Å². The van der Waals surface area contributed by atoms with Gasteiger partial charge in [-0.15, -0.1) is 0 Å². The van der Waals surface area contributed by atoms with Crippen LogP contribution in [-0.2, 0) is 9.53 Å². The highest BCUT2D eigenvalue weighted by molar-refractivity contribution is 5.88. The molecule has 0 unspecified atom stereocenters. The van der Waals surface area contributed by atoms with E-state index in [4.69, 9.17) is 4.74 Å². The third-order valence-electron chi connectivity index (χ3n) is 5.12.